The summed E-state index contributed by atoms with van der Waals surface area (Å²) in [6, 6.07) is 16.1. The number of nitrogens with zero attached hydrogens (tertiary/aromatic N) is 1. The van der Waals surface area contributed by atoms with Crippen molar-refractivity contribution in [3.63, 3.8) is 0 Å². The van der Waals surface area contributed by atoms with Crippen molar-refractivity contribution in [3.8, 4) is 0 Å². The summed E-state index contributed by atoms with van der Waals surface area (Å²) < 4.78 is 12.9. The Kier molecular flexibility index (Phi) is 4.37. The van der Waals surface area contributed by atoms with E-state index in [1.807, 2.05) is 18.2 Å². The van der Waals surface area contributed by atoms with Crippen LogP contribution in [0, 0.1) is 11.7 Å². The van der Waals surface area contributed by atoms with E-state index in [9.17, 15) is 9.18 Å². The number of hydrogen-bond acceptors (Lipinski definition) is 2. The summed E-state index contributed by atoms with van der Waals surface area (Å²) in [6.45, 7) is 1.76. The first-order valence-corrected chi connectivity index (χ1v) is 7.59. The van der Waals surface area contributed by atoms with Crippen molar-refractivity contribution in [2.24, 2.45) is 5.92 Å². The van der Waals surface area contributed by atoms with Crippen molar-refractivity contribution in [3.05, 3.63) is 60.4 Å². The maximum Gasteiger partial charge on any atom is 0.227 e. The van der Waals surface area contributed by atoms with Crippen molar-refractivity contribution in [2.75, 3.05) is 23.3 Å². The van der Waals surface area contributed by atoms with Gasteiger partial charge in [-0.3, -0.25) is 4.79 Å². The molecule has 1 aliphatic rings. The lowest BCUT2D eigenvalue weighted by atomic mass is 9.95. The van der Waals surface area contributed by atoms with Gasteiger partial charge in [0.15, 0.2) is 0 Å². The van der Waals surface area contributed by atoms with Gasteiger partial charge in [0.25, 0.3) is 0 Å². The second kappa shape index (κ2) is 6.60. The van der Waals surface area contributed by atoms with Gasteiger partial charge in [0.1, 0.15) is 5.82 Å². The molecule has 2 aromatic carbocycles. The Hall–Kier alpha value is -2.36. The zero-order chi connectivity index (χ0) is 15.4. The number of benzene rings is 2. The quantitative estimate of drug-likeness (QED) is 0.937. The van der Waals surface area contributed by atoms with Crippen LogP contribution in [-0.4, -0.2) is 19.0 Å². The summed E-state index contributed by atoms with van der Waals surface area (Å²) in [6.07, 6.45) is 1.67. The van der Waals surface area contributed by atoms with Gasteiger partial charge in [-0.2, -0.15) is 0 Å². The van der Waals surface area contributed by atoms with Gasteiger partial charge in [-0.15, -0.1) is 0 Å². The number of carbonyl (C=O) groups is 1. The van der Waals surface area contributed by atoms with Gasteiger partial charge in [0.2, 0.25) is 5.91 Å². The number of amides is 1. The molecule has 0 bridgehead atoms. The molecule has 1 heterocycles. The fraction of sp³-hybridized carbons (Fsp3) is 0.278. The highest BCUT2D eigenvalue weighted by atomic mass is 19.1. The number of carbonyl (C=O) groups excluding carboxylic acids is 1. The minimum Gasteiger partial charge on any atom is -0.371 e. The second-order valence-electron chi connectivity index (χ2n) is 5.59. The summed E-state index contributed by atoms with van der Waals surface area (Å²) in [4.78, 5) is 14.6. The highest BCUT2D eigenvalue weighted by Crippen LogP contribution is 2.24. The molecule has 1 aliphatic heterocycles. The zero-order valence-electron chi connectivity index (χ0n) is 12.3. The van der Waals surface area contributed by atoms with E-state index in [0.717, 1.165) is 25.9 Å². The molecule has 1 N–H and O–H groups in total. The van der Waals surface area contributed by atoms with Gasteiger partial charge < -0.3 is 10.2 Å². The van der Waals surface area contributed by atoms with Crippen LogP contribution in [0.3, 0.4) is 0 Å². The molecule has 2 aromatic rings. The molecule has 1 fully saturated rings. The highest BCUT2D eigenvalue weighted by molar-refractivity contribution is 5.92. The molecule has 3 nitrogen and oxygen atoms in total. The Morgan fingerprint density at radius 1 is 1.00 bits per heavy atom. The smallest absolute Gasteiger partial charge is 0.227 e. The largest absolute Gasteiger partial charge is 0.371 e. The van der Waals surface area contributed by atoms with E-state index in [1.165, 1.54) is 17.8 Å². The van der Waals surface area contributed by atoms with E-state index >= 15 is 0 Å². The number of piperidine rings is 1. The summed E-state index contributed by atoms with van der Waals surface area (Å²) in [7, 11) is 0. The molecule has 0 radical (unpaired) electrons. The van der Waals surface area contributed by atoms with E-state index in [2.05, 4.69) is 22.3 Å². The summed E-state index contributed by atoms with van der Waals surface area (Å²) in [5, 5.41) is 2.87. The van der Waals surface area contributed by atoms with Gasteiger partial charge in [0.05, 0.1) is 0 Å². The average Bonchev–Trinajstić information content (AvgIpc) is 2.58. The van der Waals surface area contributed by atoms with Crippen LogP contribution in [-0.2, 0) is 4.79 Å². The van der Waals surface area contributed by atoms with Crippen LogP contribution >= 0.6 is 0 Å². The molecule has 22 heavy (non-hydrogen) atoms. The normalized spacial score (nSPS) is 15.6. The van der Waals surface area contributed by atoms with Crippen molar-refractivity contribution in [2.45, 2.75) is 12.8 Å². The van der Waals surface area contributed by atoms with E-state index in [1.54, 1.807) is 12.1 Å². The van der Waals surface area contributed by atoms with Crippen LogP contribution in [0.2, 0.25) is 0 Å². The Morgan fingerprint density at radius 3 is 2.27 bits per heavy atom. The molecular formula is C18H19FN2O. The Labute approximate surface area is 129 Å². The van der Waals surface area contributed by atoms with Crippen molar-refractivity contribution < 1.29 is 9.18 Å². The first-order valence-electron chi connectivity index (χ1n) is 7.59. The van der Waals surface area contributed by atoms with Crippen LogP contribution in [0.4, 0.5) is 15.8 Å². The molecule has 4 heteroatoms. The number of rotatable bonds is 3. The Balaban J connectivity index is 1.54. The molecule has 1 amide bonds. The third kappa shape index (κ3) is 3.45. The molecule has 0 aliphatic carbocycles. The third-order valence-electron chi connectivity index (χ3n) is 4.10. The van der Waals surface area contributed by atoms with Crippen molar-refractivity contribution >= 4 is 17.3 Å². The number of halogens is 1. The van der Waals surface area contributed by atoms with Gasteiger partial charge in [0, 0.05) is 30.4 Å². The predicted molar refractivity (Wildman–Crippen MR) is 86.4 cm³/mol. The summed E-state index contributed by atoms with van der Waals surface area (Å²) in [5.41, 5.74) is 1.86. The van der Waals surface area contributed by atoms with Crippen LogP contribution in [0.5, 0.6) is 0 Å². The van der Waals surface area contributed by atoms with Gasteiger partial charge in [-0.25, -0.2) is 4.39 Å². The van der Waals surface area contributed by atoms with Crippen LogP contribution in [0.15, 0.2) is 54.6 Å². The van der Waals surface area contributed by atoms with Crippen LogP contribution in [0.1, 0.15) is 12.8 Å². The average molecular weight is 298 g/mol. The maximum atomic E-state index is 12.9. The molecule has 0 saturated carbocycles. The van der Waals surface area contributed by atoms with E-state index in [0.29, 0.717) is 5.69 Å². The van der Waals surface area contributed by atoms with Gasteiger partial charge >= 0.3 is 0 Å². The minimum atomic E-state index is -0.297. The fourth-order valence-electron chi connectivity index (χ4n) is 2.82. The monoisotopic (exact) mass is 298 g/mol. The lowest BCUT2D eigenvalue weighted by Gasteiger charge is -2.33. The lowest BCUT2D eigenvalue weighted by Crippen LogP contribution is -2.38. The SMILES string of the molecule is O=C(Nc1ccc(F)cc1)C1CCN(c2ccccc2)CC1. The van der Waals surface area contributed by atoms with E-state index in [-0.39, 0.29) is 17.6 Å². The topological polar surface area (TPSA) is 32.3 Å². The van der Waals surface area contributed by atoms with E-state index in [4.69, 9.17) is 0 Å². The minimum absolute atomic E-state index is 0.0185. The molecule has 0 unspecified atom stereocenters. The summed E-state index contributed by atoms with van der Waals surface area (Å²) in [5.74, 6) is -0.251. The van der Waals surface area contributed by atoms with Crippen LogP contribution < -0.4 is 10.2 Å². The van der Waals surface area contributed by atoms with Gasteiger partial charge in [-0.05, 0) is 49.2 Å². The maximum absolute atomic E-state index is 12.9. The molecule has 0 spiro atoms. The third-order valence-corrected chi connectivity index (χ3v) is 4.10. The highest BCUT2D eigenvalue weighted by Gasteiger charge is 2.25. The number of para-hydroxylation sites is 1. The molecule has 1 saturated heterocycles. The molecule has 3 rings (SSSR count). The molecule has 114 valence electrons. The molecule has 0 atom stereocenters. The zero-order valence-corrected chi connectivity index (χ0v) is 12.3. The van der Waals surface area contributed by atoms with Crippen molar-refractivity contribution in [1.29, 1.82) is 0 Å². The predicted octanol–water partition coefficient (Wildman–Crippen LogP) is 3.68. The first-order chi connectivity index (χ1) is 10.7. The Morgan fingerprint density at radius 2 is 1.64 bits per heavy atom. The first kappa shape index (κ1) is 14.6. The van der Waals surface area contributed by atoms with E-state index < -0.39 is 0 Å². The number of hydrogen-bond donors (Lipinski definition) is 1. The molecule has 0 aromatic heterocycles. The standard InChI is InChI=1S/C18H19FN2O/c19-15-6-8-16(9-7-15)20-18(22)14-10-12-21(13-11-14)17-4-2-1-3-5-17/h1-9,14H,10-13H2,(H,20,22). The Bertz CT molecular complexity index is 619. The second-order valence-corrected chi connectivity index (χ2v) is 5.59. The summed E-state index contributed by atoms with van der Waals surface area (Å²) >= 11 is 0. The molecular weight excluding hydrogens is 279 g/mol. The van der Waals surface area contributed by atoms with Crippen LogP contribution in [0.25, 0.3) is 0 Å². The number of anilines is 2. The fourth-order valence-corrected chi connectivity index (χ4v) is 2.82. The number of nitrogens with one attached hydrogen (secondary N) is 1. The van der Waals surface area contributed by atoms with Crippen molar-refractivity contribution in [1.82, 2.24) is 0 Å². The lowest BCUT2D eigenvalue weighted by molar-refractivity contribution is -0.120. The van der Waals surface area contributed by atoms with Gasteiger partial charge in [-0.1, -0.05) is 18.2 Å².